The summed E-state index contributed by atoms with van der Waals surface area (Å²) in [6.45, 7) is 2.26. The van der Waals surface area contributed by atoms with Gasteiger partial charge in [-0.05, 0) is 53.7 Å². The van der Waals surface area contributed by atoms with Crippen molar-refractivity contribution in [2.24, 2.45) is 5.92 Å². The third-order valence-electron chi connectivity index (χ3n) is 2.59. The maximum Gasteiger partial charge on any atom is 0.0486 e. The number of hydrogen-bond acceptors (Lipinski definition) is 1. The zero-order chi connectivity index (χ0) is 9.26. The molecule has 1 aromatic carbocycles. The minimum atomic E-state index is 0.610. The zero-order valence-corrected chi connectivity index (χ0v) is 9.34. The minimum absolute atomic E-state index is 0.610. The van der Waals surface area contributed by atoms with Crippen molar-refractivity contribution < 1.29 is 0 Å². The Hall–Kier alpha value is -0.500. The van der Waals surface area contributed by atoms with Gasteiger partial charge in [0.05, 0.1) is 0 Å². The molecule has 1 fully saturated rings. The topological polar surface area (TPSA) is 12.0 Å². The average molecular weight is 240 g/mol. The quantitative estimate of drug-likeness (QED) is 0.850. The SMILES string of the molecule is C[C@@H](Nc1ccccc1Br)C1CC1. The average Bonchev–Trinajstić information content (AvgIpc) is 2.91. The first kappa shape index (κ1) is 9.07. The van der Waals surface area contributed by atoms with Crippen molar-refractivity contribution in [2.75, 3.05) is 5.32 Å². The smallest absolute Gasteiger partial charge is 0.0486 e. The van der Waals surface area contributed by atoms with Crippen LogP contribution in [0.3, 0.4) is 0 Å². The molecule has 0 heterocycles. The summed E-state index contributed by atoms with van der Waals surface area (Å²) in [7, 11) is 0. The molecule has 0 bridgehead atoms. The van der Waals surface area contributed by atoms with E-state index in [1.54, 1.807) is 0 Å². The van der Waals surface area contributed by atoms with E-state index in [-0.39, 0.29) is 0 Å². The molecule has 0 spiro atoms. The summed E-state index contributed by atoms with van der Waals surface area (Å²) in [4.78, 5) is 0. The molecule has 0 aliphatic heterocycles. The lowest BCUT2D eigenvalue weighted by molar-refractivity contribution is 0.694. The molecule has 13 heavy (non-hydrogen) atoms. The van der Waals surface area contributed by atoms with E-state index in [9.17, 15) is 0 Å². The van der Waals surface area contributed by atoms with Crippen molar-refractivity contribution in [3.05, 3.63) is 28.7 Å². The van der Waals surface area contributed by atoms with Crippen molar-refractivity contribution in [3.8, 4) is 0 Å². The van der Waals surface area contributed by atoms with Crippen LogP contribution in [0, 0.1) is 5.92 Å². The van der Waals surface area contributed by atoms with Gasteiger partial charge in [-0.25, -0.2) is 0 Å². The maximum absolute atomic E-state index is 3.53. The molecule has 1 saturated carbocycles. The number of benzene rings is 1. The second kappa shape index (κ2) is 3.70. The standard InChI is InChI=1S/C11H14BrN/c1-8(9-6-7-9)13-11-5-3-2-4-10(11)12/h2-5,8-9,13H,6-7H2,1H3/t8-/m1/s1. The van der Waals surface area contributed by atoms with Gasteiger partial charge in [0.2, 0.25) is 0 Å². The van der Waals surface area contributed by atoms with Crippen molar-refractivity contribution in [2.45, 2.75) is 25.8 Å². The Kier molecular flexibility index (Phi) is 2.58. The van der Waals surface area contributed by atoms with E-state index in [2.05, 4.69) is 46.4 Å². The van der Waals surface area contributed by atoms with Gasteiger partial charge in [-0.1, -0.05) is 12.1 Å². The third kappa shape index (κ3) is 2.25. The van der Waals surface area contributed by atoms with Crippen molar-refractivity contribution in [3.63, 3.8) is 0 Å². The van der Waals surface area contributed by atoms with Gasteiger partial charge in [0.1, 0.15) is 0 Å². The lowest BCUT2D eigenvalue weighted by atomic mass is 10.2. The summed E-state index contributed by atoms with van der Waals surface area (Å²) >= 11 is 3.53. The highest BCUT2D eigenvalue weighted by atomic mass is 79.9. The molecule has 1 N–H and O–H groups in total. The second-order valence-electron chi connectivity index (χ2n) is 3.75. The molecule has 1 aliphatic carbocycles. The first-order valence-electron chi connectivity index (χ1n) is 4.78. The Morgan fingerprint density at radius 1 is 1.38 bits per heavy atom. The summed E-state index contributed by atoms with van der Waals surface area (Å²) in [5.74, 6) is 0.895. The van der Waals surface area contributed by atoms with Crippen LogP contribution in [-0.2, 0) is 0 Å². The van der Waals surface area contributed by atoms with Gasteiger partial charge >= 0.3 is 0 Å². The molecule has 0 saturated heterocycles. The van der Waals surface area contributed by atoms with E-state index < -0.39 is 0 Å². The third-order valence-corrected chi connectivity index (χ3v) is 3.28. The molecule has 70 valence electrons. The highest BCUT2D eigenvalue weighted by molar-refractivity contribution is 9.10. The van der Waals surface area contributed by atoms with Gasteiger partial charge in [0, 0.05) is 16.2 Å². The number of hydrogen-bond donors (Lipinski definition) is 1. The highest BCUT2D eigenvalue weighted by Gasteiger charge is 2.27. The number of anilines is 1. The Labute approximate surface area is 87.7 Å². The fraction of sp³-hybridized carbons (Fsp3) is 0.455. The summed E-state index contributed by atoms with van der Waals surface area (Å²) in [5.41, 5.74) is 1.21. The fourth-order valence-electron chi connectivity index (χ4n) is 1.54. The van der Waals surface area contributed by atoms with Crippen molar-refractivity contribution in [1.29, 1.82) is 0 Å². The maximum atomic E-state index is 3.53. The fourth-order valence-corrected chi connectivity index (χ4v) is 1.94. The molecular formula is C11H14BrN. The molecule has 0 amide bonds. The predicted octanol–water partition coefficient (Wildman–Crippen LogP) is 3.66. The molecular weight excluding hydrogens is 226 g/mol. The van der Waals surface area contributed by atoms with Crippen LogP contribution in [0.15, 0.2) is 28.7 Å². The highest BCUT2D eigenvalue weighted by Crippen LogP contribution is 2.35. The van der Waals surface area contributed by atoms with Crippen LogP contribution in [0.1, 0.15) is 19.8 Å². The van der Waals surface area contributed by atoms with Gasteiger partial charge in [-0.15, -0.1) is 0 Å². The van der Waals surface area contributed by atoms with Gasteiger partial charge in [0.25, 0.3) is 0 Å². The van der Waals surface area contributed by atoms with E-state index in [1.165, 1.54) is 18.5 Å². The predicted molar refractivity (Wildman–Crippen MR) is 60.0 cm³/mol. The molecule has 1 atom stereocenters. The minimum Gasteiger partial charge on any atom is -0.381 e. The van der Waals surface area contributed by atoms with E-state index in [4.69, 9.17) is 0 Å². The van der Waals surface area contributed by atoms with Gasteiger partial charge < -0.3 is 5.32 Å². The monoisotopic (exact) mass is 239 g/mol. The van der Waals surface area contributed by atoms with Crippen LogP contribution in [0.4, 0.5) is 5.69 Å². The first-order valence-corrected chi connectivity index (χ1v) is 5.58. The molecule has 2 rings (SSSR count). The summed E-state index contributed by atoms with van der Waals surface area (Å²) in [5, 5.41) is 3.53. The lowest BCUT2D eigenvalue weighted by Gasteiger charge is -2.15. The van der Waals surface area contributed by atoms with Crippen molar-refractivity contribution in [1.82, 2.24) is 0 Å². The Morgan fingerprint density at radius 2 is 2.08 bits per heavy atom. The zero-order valence-electron chi connectivity index (χ0n) is 7.76. The Morgan fingerprint density at radius 3 is 2.69 bits per heavy atom. The van der Waals surface area contributed by atoms with E-state index >= 15 is 0 Å². The van der Waals surface area contributed by atoms with Crippen molar-refractivity contribution >= 4 is 21.6 Å². The Balaban J connectivity index is 2.03. The van der Waals surface area contributed by atoms with E-state index in [0.717, 1.165) is 10.4 Å². The number of nitrogens with one attached hydrogen (secondary N) is 1. The number of halogens is 1. The van der Waals surface area contributed by atoms with Crippen LogP contribution in [0.2, 0.25) is 0 Å². The summed E-state index contributed by atoms with van der Waals surface area (Å²) < 4.78 is 1.16. The molecule has 1 aromatic rings. The lowest BCUT2D eigenvalue weighted by Crippen LogP contribution is -2.17. The van der Waals surface area contributed by atoms with E-state index in [1.807, 2.05) is 6.07 Å². The number of para-hydroxylation sites is 1. The summed E-state index contributed by atoms with van der Waals surface area (Å²) in [6.07, 6.45) is 2.78. The second-order valence-corrected chi connectivity index (χ2v) is 4.60. The van der Waals surface area contributed by atoms with Gasteiger partial charge in [-0.3, -0.25) is 0 Å². The van der Waals surface area contributed by atoms with Crippen LogP contribution in [-0.4, -0.2) is 6.04 Å². The van der Waals surface area contributed by atoms with Crippen LogP contribution >= 0.6 is 15.9 Å². The molecule has 0 unspecified atom stereocenters. The molecule has 0 radical (unpaired) electrons. The van der Waals surface area contributed by atoms with Gasteiger partial charge in [-0.2, -0.15) is 0 Å². The normalized spacial score (nSPS) is 18.3. The van der Waals surface area contributed by atoms with Crippen LogP contribution in [0.5, 0.6) is 0 Å². The van der Waals surface area contributed by atoms with Crippen LogP contribution < -0.4 is 5.32 Å². The molecule has 1 nitrogen and oxygen atoms in total. The molecule has 1 aliphatic rings. The molecule has 2 heteroatoms. The number of rotatable bonds is 3. The van der Waals surface area contributed by atoms with Crippen LogP contribution in [0.25, 0.3) is 0 Å². The van der Waals surface area contributed by atoms with E-state index in [0.29, 0.717) is 6.04 Å². The Bertz CT molecular complexity index is 294. The molecule has 0 aromatic heterocycles. The first-order chi connectivity index (χ1) is 6.27. The van der Waals surface area contributed by atoms with Gasteiger partial charge in [0.15, 0.2) is 0 Å². The summed E-state index contributed by atoms with van der Waals surface area (Å²) in [6, 6.07) is 8.90. The largest absolute Gasteiger partial charge is 0.381 e.